The molecule has 0 atom stereocenters. The van der Waals surface area contributed by atoms with Gasteiger partial charge >= 0.3 is 17.6 Å². The largest absolute Gasteiger partial charge is 0.528 e. The maximum Gasteiger partial charge on any atom is 0.528 e. The zero-order valence-corrected chi connectivity index (χ0v) is 14.0. The third kappa shape index (κ3) is 4.90. The van der Waals surface area contributed by atoms with Gasteiger partial charge in [-0.1, -0.05) is 0 Å². The Kier molecular flexibility index (Phi) is 8.90. The van der Waals surface area contributed by atoms with E-state index in [1.165, 1.54) is 0 Å². The second kappa shape index (κ2) is 8.94. The van der Waals surface area contributed by atoms with Gasteiger partial charge in [-0.2, -0.15) is 0 Å². The van der Waals surface area contributed by atoms with E-state index in [9.17, 15) is 0 Å². The lowest BCUT2D eigenvalue weighted by molar-refractivity contribution is 0.112. The van der Waals surface area contributed by atoms with E-state index >= 15 is 0 Å². The maximum absolute atomic E-state index is 5.55. The molecule has 0 bridgehead atoms. The highest BCUT2D eigenvalue weighted by atomic mass is 28.4. The molecule has 0 aromatic heterocycles. The lowest BCUT2D eigenvalue weighted by atomic mass is 10.9. The molecule has 0 aromatic carbocycles. The second-order valence-electron chi connectivity index (χ2n) is 3.22. The minimum atomic E-state index is -2.80. The first kappa shape index (κ1) is 17.9. The Bertz CT molecular complexity index is 217. The Morgan fingerprint density at radius 3 is 1.11 bits per heavy atom. The van der Waals surface area contributed by atoms with Crippen LogP contribution in [-0.4, -0.2) is 59.3 Å². The Balaban J connectivity index is 5.01. The molecule has 0 heterocycles. The molecule has 0 fully saturated rings. The molecule has 0 aliphatic carbocycles. The van der Waals surface area contributed by atoms with Gasteiger partial charge in [0.15, 0.2) is 0 Å². The van der Waals surface area contributed by atoms with E-state index in [1.54, 1.807) is 39.8 Å². The van der Waals surface area contributed by atoms with Crippen LogP contribution in [-0.2, 0) is 26.6 Å². The second-order valence-corrected chi connectivity index (χ2v) is 8.51. The average Bonchev–Trinajstić information content (AvgIpc) is 2.42. The van der Waals surface area contributed by atoms with Gasteiger partial charge in [0, 0.05) is 41.7 Å². The molecule has 0 aliphatic heterocycles. The van der Waals surface area contributed by atoms with Crippen LogP contribution < -0.4 is 0 Å². The van der Waals surface area contributed by atoms with Gasteiger partial charge in [-0.3, -0.25) is 0 Å². The van der Waals surface area contributed by atoms with E-state index in [0.29, 0.717) is 13.2 Å². The highest BCUT2D eigenvalue weighted by Crippen LogP contribution is 2.15. The summed E-state index contributed by atoms with van der Waals surface area (Å²) in [4.78, 5) is 0. The van der Waals surface area contributed by atoms with Crippen molar-refractivity contribution in [2.45, 2.75) is 13.8 Å². The molecule has 0 rings (SSSR count). The molecular weight excluding hydrogens is 272 g/mol. The molecule has 0 saturated carbocycles. The first-order chi connectivity index (χ1) is 8.57. The Morgan fingerprint density at radius 1 is 0.667 bits per heavy atom. The fraction of sp³-hybridized carbons (Fsp3) is 0.800. The van der Waals surface area contributed by atoms with Gasteiger partial charge in [-0.25, -0.2) is 0 Å². The standard InChI is InChI=1S/C10H24O6Si2/c1-7-15-17(11-3,12-4)9-10-18(13-5,14-6)16-8-2/h9-10H,7-8H2,1-6H3. The van der Waals surface area contributed by atoms with Crippen LogP contribution in [0.25, 0.3) is 0 Å². The summed E-state index contributed by atoms with van der Waals surface area (Å²) < 4.78 is 32.5. The molecule has 0 N–H and O–H groups in total. The van der Waals surface area contributed by atoms with Gasteiger partial charge < -0.3 is 26.6 Å². The van der Waals surface area contributed by atoms with Crippen LogP contribution in [0, 0.1) is 0 Å². The molecule has 18 heavy (non-hydrogen) atoms. The molecule has 0 aromatic rings. The Labute approximate surface area is 112 Å². The van der Waals surface area contributed by atoms with Crippen molar-refractivity contribution in [3.63, 3.8) is 0 Å². The molecule has 0 unspecified atom stereocenters. The number of rotatable bonds is 10. The topological polar surface area (TPSA) is 55.4 Å². The van der Waals surface area contributed by atoms with E-state index in [-0.39, 0.29) is 0 Å². The number of hydrogen-bond acceptors (Lipinski definition) is 6. The molecule has 6 nitrogen and oxygen atoms in total. The van der Waals surface area contributed by atoms with E-state index in [4.69, 9.17) is 26.6 Å². The highest BCUT2D eigenvalue weighted by molar-refractivity contribution is 6.72. The minimum absolute atomic E-state index is 0.501. The third-order valence-electron chi connectivity index (χ3n) is 2.32. The van der Waals surface area contributed by atoms with Crippen molar-refractivity contribution in [1.82, 2.24) is 0 Å². The quantitative estimate of drug-likeness (QED) is 0.564. The van der Waals surface area contributed by atoms with Crippen molar-refractivity contribution in [3.05, 3.63) is 11.4 Å². The summed E-state index contributed by atoms with van der Waals surface area (Å²) >= 11 is 0. The molecule has 0 saturated heterocycles. The van der Waals surface area contributed by atoms with Crippen molar-refractivity contribution in [2.75, 3.05) is 41.7 Å². The van der Waals surface area contributed by atoms with Gasteiger partial charge in [-0.15, -0.1) is 0 Å². The third-order valence-corrected chi connectivity index (χ3v) is 7.46. The maximum atomic E-state index is 5.55. The summed E-state index contributed by atoms with van der Waals surface area (Å²) in [5.41, 5.74) is 3.48. The van der Waals surface area contributed by atoms with E-state index in [0.717, 1.165) is 0 Å². The lowest BCUT2D eigenvalue weighted by Crippen LogP contribution is -2.46. The van der Waals surface area contributed by atoms with Crippen molar-refractivity contribution < 1.29 is 26.6 Å². The predicted molar refractivity (Wildman–Crippen MR) is 71.9 cm³/mol. The summed E-state index contributed by atoms with van der Waals surface area (Å²) in [5, 5.41) is 0. The zero-order chi connectivity index (χ0) is 14.1. The molecule has 0 aliphatic rings. The van der Waals surface area contributed by atoms with Crippen LogP contribution in [0.4, 0.5) is 0 Å². The molecule has 108 valence electrons. The van der Waals surface area contributed by atoms with Crippen molar-refractivity contribution >= 4 is 17.6 Å². The fourth-order valence-electron chi connectivity index (χ4n) is 1.38. The van der Waals surface area contributed by atoms with E-state index < -0.39 is 17.6 Å². The highest BCUT2D eigenvalue weighted by Gasteiger charge is 2.41. The fourth-order valence-corrected chi connectivity index (χ4v) is 5.36. The van der Waals surface area contributed by atoms with Crippen LogP contribution in [0.1, 0.15) is 13.8 Å². The van der Waals surface area contributed by atoms with Gasteiger partial charge in [0.2, 0.25) is 0 Å². The Hall–Kier alpha value is -0.0662. The predicted octanol–water partition coefficient (Wildman–Crippen LogP) is 1.16. The van der Waals surface area contributed by atoms with Gasteiger partial charge in [0.25, 0.3) is 0 Å². The van der Waals surface area contributed by atoms with Crippen LogP contribution in [0.3, 0.4) is 0 Å². The van der Waals surface area contributed by atoms with Crippen molar-refractivity contribution in [3.8, 4) is 0 Å². The zero-order valence-electron chi connectivity index (χ0n) is 12.0. The van der Waals surface area contributed by atoms with Crippen molar-refractivity contribution in [1.29, 1.82) is 0 Å². The molecule has 0 amide bonds. The first-order valence-corrected chi connectivity index (χ1v) is 9.36. The van der Waals surface area contributed by atoms with Crippen LogP contribution in [0.2, 0.25) is 0 Å². The summed E-state index contributed by atoms with van der Waals surface area (Å²) in [6, 6.07) is 0. The van der Waals surface area contributed by atoms with Gasteiger partial charge in [0.1, 0.15) is 0 Å². The van der Waals surface area contributed by atoms with Crippen LogP contribution >= 0.6 is 0 Å². The molecule has 8 heteroatoms. The average molecular weight is 296 g/mol. The summed E-state index contributed by atoms with van der Waals surface area (Å²) in [6.45, 7) is 4.77. The number of hydrogen-bond donors (Lipinski definition) is 0. The first-order valence-electron chi connectivity index (χ1n) is 5.76. The van der Waals surface area contributed by atoms with Crippen LogP contribution in [0.15, 0.2) is 11.4 Å². The normalized spacial score (nSPS) is 13.4. The summed E-state index contributed by atoms with van der Waals surface area (Å²) in [6.07, 6.45) is 0. The van der Waals surface area contributed by atoms with Crippen molar-refractivity contribution in [2.24, 2.45) is 0 Å². The van der Waals surface area contributed by atoms with E-state index in [1.807, 2.05) is 13.8 Å². The lowest BCUT2D eigenvalue weighted by Gasteiger charge is -2.25. The van der Waals surface area contributed by atoms with Gasteiger partial charge in [0.05, 0.1) is 0 Å². The smallest absolute Gasteiger partial charge is 0.374 e. The molecule has 0 spiro atoms. The minimum Gasteiger partial charge on any atom is -0.374 e. The summed E-state index contributed by atoms with van der Waals surface area (Å²) in [5.74, 6) is 0. The molecule has 0 radical (unpaired) electrons. The SMILES string of the molecule is CCO[Si](C=C[Si](OC)(OC)OCC)(OC)OC. The monoisotopic (exact) mass is 296 g/mol. The summed E-state index contributed by atoms with van der Waals surface area (Å²) in [7, 11) is 0.618. The van der Waals surface area contributed by atoms with E-state index in [2.05, 4.69) is 0 Å². The Morgan fingerprint density at radius 2 is 0.944 bits per heavy atom. The molecular formula is C10H24O6Si2. The van der Waals surface area contributed by atoms with Gasteiger partial charge in [-0.05, 0) is 25.2 Å². The van der Waals surface area contributed by atoms with Crippen LogP contribution in [0.5, 0.6) is 0 Å².